The maximum Gasteiger partial charge on any atom is 0.329 e. The number of ether oxygens (including phenoxy) is 1. The average Bonchev–Trinajstić information content (AvgIpc) is 3.09. The molecule has 0 bridgehead atoms. The summed E-state index contributed by atoms with van der Waals surface area (Å²) >= 11 is 1.25. The van der Waals surface area contributed by atoms with Gasteiger partial charge in [0.2, 0.25) is 0 Å². The Labute approximate surface area is 148 Å². The molecule has 0 radical (unpaired) electrons. The first-order valence-electron chi connectivity index (χ1n) is 7.48. The van der Waals surface area contributed by atoms with Gasteiger partial charge in [-0.05, 0) is 43.5 Å². The van der Waals surface area contributed by atoms with Gasteiger partial charge in [-0.2, -0.15) is 0 Å². The van der Waals surface area contributed by atoms with E-state index < -0.39 is 35.7 Å². The van der Waals surface area contributed by atoms with Crippen molar-refractivity contribution in [3.05, 3.63) is 52.5 Å². The van der Waals surface area contributed by atoms with Crippen molar-refractivity contribution >= 4 is 34.8 Å². The van der Waals surface area contributed by atoms with E-state index in [1.54, 1.807) is 17.5 Å². The van der Waals surface area contributed by atoms with Crippen molar-refractivity contribution in [3.63, 3.8) is 0 Å². The number of thiophene rings is 1. The highest BCUT2D eigenvalue weighted by Gasteiger charge is 2.23. The molecule has 2 unspecified atom stereocenters. The fourth-order valence-corrected chi connectivity index (χ4v) is 2.50. The zero-order valence-electron chi connectivity index (χ0n) is 13.6. The first-order valence-corrected chi connectivity index (χ1v) is 8.36. The van der Waals surface area contributed by atoms with Crippen molar-refractivity contribution in [1.82, 2.24) is 5.32 Å². The fourth-order valence-electron chi connectivity index (χ4n) is 1.87. The predicted molar refractivity (Wildman–Crippen MR) is 91.8 cm³/mol. The Balaban J connectivity index is 1.86. The Morgan fingerprint density at radius 3 is 2.56 bits per heavy atom. The molecule has 2 amide bonds. The van der Waals surface area contributed by atoms with Crippen LogP contribution in [0.25, 0.3) is 0 Å². The smallest absolute Gasteiger partial charge is 0.329 e. The van der Waals surface area contributed by atoms with Gasteiger partial charge in [-0.1, -0.05) is 12.1 Å². The number of benzene rings is 1. The monoisotopic (exact) mass is 364 g/mol. The van der Waals surface area contributed by atoms with Crippen LogP contribution in [0.4, 0.5) is 10.1 Å². The van der Waals surface area contributed by atoms with Crippen LogP contribution < -0.4 is 10.6 Å². The molecule has 2 rings (SSSR count). The maximum atomic E-state index is 13.1. The molecule has 6 nitrogen and oxygen atoms in total. The van der Waals surface area contributed by atoms with Crippen molar-refractivity contribution < 1.29 is 23.5 Å². The van der Waals surface area contributed by atoms with E-state index in [-0.39, 0.29) is 5.69 Å². The Hall–Kier alpha value is -2.74. The van der Waals surface area contributed by atoms with Crippen LogP contribution in [-0.2, 0) is 14.3 Å². The summed E-state index contributed by atoms with van der Waals surface area (Å²) in [5.41, 5.74) is 0.256. The summed E-state index contributed by atoms with van der Waals surface area (Å²) in [6.07, 6.45) is -1.10. The van der Waals surface area contributed by atoms with Crippen molar-refractivity contribution in [2.75, 3.05) is 5.32 Å². The molecule has 0 aliphatic heterocycles. The van der Waals surface area contributed by atoms with E-state index in [0.29, 0.717) is 4.88 Å². The van der Waals surface area contributed by atoms with Crippen LogP contribution in [0.5, 0.6) is 0 Å². The summed E-state index contributed by atoms with van der Waals surface area (Å²) in [5, 5.41) is 6.69. The average molecular weight is 364 g/mol. The van der Waals surface area contributed by atoms with Crippen LogP contribution in [-0.4, -0.2) is 29.9 Å². The van der Waals surface area contributed by atoms with Crippen LogP contribution in [0.15, 0.2) is 41.8 Å². The summed E-state index contributed by atoms with van der Waals surface area (Å²) in [6.45, 7) is 2.85. The Kier molecular flexibility index (Phi) is 6.24. The van der Waals surface area contributed by atoms with Crippen molar-refractivity contribution in [1.29, 1.82) is 0 Å². The van der Waals surface area contributed by atoms with E-state index in [1.165, 1.54) is 43.4 Å². The van der Waals surface area contributed by atoms with Gasteiger partial charge in [0.05, 0.1) is 4.88 Å². The Morgan fingerprint density at radius 1 is 1.16 bits per heavy atom. The number of esters is 1. The molecule has 0 saturated heterocycles. The van der Waals surface area contributed by atoms with E-state index in [2.05, 4.69) is 10.6 Å². The van der Waals surface area contributed by atoms with Gasteiger partial charge < -0.3 is 15.4 Å². The molecular weight excluding hydrogens is 347 g/mol. The molecule has 0 aliphatic carbocycles. The van der Waals surface area contributed by atoms with Gasteiger partial charge in [0.1, 0.15) is 11.9 Å². The molecule has 0 fully saturated rings. The zero-order valence-corrected chi connectivity index (χ0v) is 14.4. The minimum Gasteiger partial charge on any atom is -0.451 e. The molecule has 0 spiro atoms. The van der Waals surface area contributed by atoms with Gasteiger partial charge in [-0.25, -0.2) is 9.18 Å². The normalized spacial score (nSPS) is 12.8. The lowest BCUT2D eigenvalue weighted by molar-refractivity contribution is -0.154. The molecule has 1 heterocycles. The number of hydrogen-bond acceptors (Lipinski definition) is 5. The van der Waals surface area contributed by atoms with Crippen LogP contribution in [0.2, 0.25) is 0 Å². The number of halogens is 1. The second-order valence-corrected chi connectivity index (χ2v) is 6.20. The maximum absolute atomic E-state index is 13.1. The molecule has 8 heteroatoms. The number of hydrogen-bond donors (Lipinski definition) is 2. The Bertz CT molecular complexity index is 764. The van der Waals surface area contributed by atoms with Gasteiger partial charge in [0.25, 0.3) is 11.8 Å². The predicted octanol–water partition coefficient (Wildman–Crippen LogP) is 2.58. The zero-order chi connectivity index (χ0) is 18.4. The topological polar surface area (TPSA) is 84.5 Å². The van der Waals surface area contributed by atoms with E-state index in [0.717, 1.165) is 6.07 Å². The molecule has 1 aromatic heterocycles. The van der Waals surface area contributed by atoms with Crippen molar-refractivity contribution in [2.24, 2.45) is 0 Å². The molecule has 132 valence electrons. The molecule has 2 N–H and O–H groups in total. The molecule has 25 heavy (non-hydrogen) atoms. The third-order valence-corrected chi connectivity index (χ3v) is 4.07. The van der Waals surface area contributed by atoms with Crippen LogP contribution in [0, 0.1) is 5.82 Å². The van der Waals surface area contributed by atoms with E-state index in [9.17, 15) is 18.8 Å². The first kappa shape index (κ1) is 18.6. The van der Waals surface area contributed by atoms with E-state index in [1.807, 2.05) is 0 Å². The number of carbonyl (C=O) groups excluding carboxylic acids is 3. The molecule has 2 aromatic rings. The fraction of sp³-hybridized carbons (Fsp3) is 0.235. The second kappa shape index (κ2) is 8.39. The first-order chi connectivity index (χ1) is 11.9. The van der Waals surface area contributed by atoms with Gasteiger partial charge >= 0.3 is 5.97 Å². The minimum atomic E-state index is -1.10. The third-order valence-electron chi connectivity index (χ3n) is 3.20. The number of nitrogens with one attached hydrogen (secondary N) is 2. The minimum absolute atomic E-state index is 0.256. The molecule has 0 aliphatic rings. The second-order valence-electron chi connectivity index (χ2n) is 5.25. The highest BCUT2D eigenvalue weighted by atomic mass is 32.1. The SMILES string of the molecule is CC(NC(=O)c1cccs1)C(=O)OC(C)C(=O)Nc1cccc(F)c1. The standard InChI is InChI=1S/C17H17FN2O4S/c1-10(19-16(22)14-7-4-8-25-14)17(23)24-11(2)15(21)20-13-6-3-5-12(18)9-13/h3-11H,1-2H3,(H,19,22)(H,20,21). The van der Waals surface area contributed by atoms with Gasteiger partial charge in [-0.15, -0.1) is 11.3 Å². The van der Waals surface area contributed by atoms with Crippen LogP contribution in [0.3, 0.4) is 0 Å². The molecule has 1 aromatic carbocycles. The van der Waals surface area contributed by atoms with Gasteiger partial charge in [0, 0.05) is 5.69 Å². The molecule has 2 atom stereocenters. The lowest BCUT2D eigenvalue weighted by atomic mass is 10.3. The van der Waals surface area contributed by atoms with E-state index in [4.69, 9.17) is 4.74 Å². The highest BCUT2D eigenvalue weighted by Crippen LogP contribution is 2.11. The summed E-state index contributed by atoms with van der Waals surface area (Å²) in [7, 11) is 0. The number of rotatable bonds is 6. The summed E-state index contributed by atoms with van der Waals surface area (Å²) in [6, 6.07) is 7.80. The molecule has 0 saturated carbocycles. The Morgan fingerprint density at radius 2 is 1.92 bits per heavy atom. The highest BCUT2D eigenvalue weighted by molar-refractivity contribution is 7.12. The number of amides is 2. The third kappa shape index (κ3) is 5.39. The lowest BCUT2D eigenvalue weighted by Crippen LogP contribution is -2.42. The number of carbonyl (C=O) groups is 3. The lowest BCUT2D eigenvalue weighted by Gasteiger charge is -2.17. The van der Waals surface area contributed by atoms with Crippen molar-refractivity contribution in [2.45, 2.75) is 26.0 Å². The van der Waals surface area contributed by atoms with E-state index >= 15 is 0 Å². The van der Waals surface area contributed by atoms with Crippen LogP contribution in [0.1, 0.15) is 23.5 Å². The summed E-state index contributed by atoms with van der Waals surface area (Å²) < 4.78 is 18.1. The number of anilines is 1. The van der Waals surface area contributed by atoms with Gasteiger partial charge in [-0.3, -0.25) is 9.59 Å². The largest absolute Gasteiger partial charge is 0.451 e. The van der Waals surface area contributed by atoms with Gasteiger partial charge in [0.15, 0.2) is 6.10 Å². The van der Waals surface area contributed by atoms with Crippen LogP contribution >= 0.6 is 11.3 Å². The van der Waals surface area contributed by atoms with Crippen molar-refractivity contribution in [3.8, 4) is 0 Å². The summed E-state index contributed by atoms with van der Waals surface area (Å²) in [4.78, 5) is 36.3. The summed E-state index contributed by atoms with van der Waals surface area (Å²) in [5.74, 6) is -2.23. The molecular formula is C17H17FN2O4S. The quantitative estimate of drug-likeness (QED) is 0.772.